The number of aromatic nitrogens is 8. The number of nitrogens with one attached hydrogen (secondary N) is 2. The molecule has 0 fully saturated rings. The monoisotopic (exact) mass is 934 g/mol. The maximum Gasteiger partial charge on any atom is 2.00 e. The summed E-state index contributed by atoms with van der Waals surface area (Å²) in [5.41, 5.74) is 7.30. The van der Waals surface area contributed by atoms with E-state index in [0.29, 0.717) is 24.5 Å². The molecule has 4 aromatic carbocycles. The van der Waals surface area contributed by atoms with E-state index in [1.165, 1.54) is 9.80 Å². The number of rotatable bonds is 20. The fourth-order valence-electron chi connectivity index (χ4n) is 7.55. The minimum absolute atomic E-state index is 0. The molecule has 0 saturated carbocycles. The first-order chi connectivity index (χ1) is 30.8. The Morgan fingerprint density at radius 1 is 0.545 bits per heavy atom. The van der Waals surface area contributed by atoms with Crippen molar-refractivity contribution in [3.05, 3.63) is 108 Å². The molecule has 0 aliphatic carbocycles. The molecule has 6 aromatic rings. The van der Waals surface area contributed by atoms with Crippen LogP contribution in [0.4, 0.5) is 0 Å². The van der Waals surface area contributed by atoms with E-state index in [9.17, 15) is 29.4 Å². The number of hydrogen-bond acceptors (Lipinski definition) is 12. The van der Waals surface area contributed by atoms with Crippen LogP contribution in [-0.4, -0.2) is 148 Å². The summed E-state index contributed by atoms with van der Waals surface area (Å²) in [4.78, 5) is 52.2. The van der Waals surface area contributed by atoms with Crippen LogP contribution in [-0.2, 0) is 32.3 Å². The summed E-state index contributed by atoms with van der Waals surface area (Å²) in [6, 6.07) is 29.1. The van der Waals surface area contributed by atoms with E-state index < -0.39 is 24.0 Å². The molecular weight excluding hydrogens is 877 g/mol. The summed E-state index contributed by atoms with van der Waals surface area (Å²) in [5.74, 6) is -2.15. The number of carbonyl (C=O) groups is 4. The summed E-state index contributed by atoms with van der Waals surface area (Å²) in [6.07, 6.45) is 3.82. The number of carbonyl (C=O) groups excluding carboxylic acids is 4. The zero-order valence-corrected chi connectivity index (χ0v) is 39.4. The Bertz CT molecular complexity index is 2250. The Kier molecular flexibility index (Phi) is 23.1. The maximum atomic E-state index is 12.8. The molecule has 2 atom stereocenters. The molecule has 0 unspecified atom stereocenters. The van der Waals surface area contributed by atoms with E-state index in [1.807, 2.05) is 111 Å². The van der Waals surface area contributed by atoms with Gasteiger partial charge in [0.15, 0.2) is 11.6 Å². The first-order valence-electron chi connectivity index (χ1n) is 21.7. The molecule has 340 valence electrons. The van der Waals surface area contributed by atoms with E-state index in [-0.39, 0.29) is 97.5 Å². The van der Waals surface area contributed by atoms with E-state index in [4.69, 9.17) is 0 Å². The van der Waals surface area contributed by atoms with E-state index in [2.05, 4.69) is 41.2 Å². The summed E-state index contributed by atoms with van der Waals surface area (Å²) in [6.45, 7) is 11.6. The molecular formula is C48H58CaMgN10O6. The number of carboxylic acids is 2. The van der Waals surface area contributed by atoms with Crippen LogP contribution in [0.15, 0.2) is 97.1 Å². The molecule has 0 bridgehead atoms. The number of unbranched alkanes of at least 4 members (excludes halogenated alkanes) is 2. The molecule has 0 spiro atoms. The van der Waals surface area contributed by atoms with Crippen molar-refractivity contribution < 1.29 is 29.4 Å². The third-order valence-corrected chi connectivity index (χ3v) is 10.8. The van der Waals surface area contributed by atoms with Crippen LogP contribution >= 0.6 is 0 Å². The number of benzene rings is 4. The van der Waals surface area contributed by atoms with Gasteiger partial charge in [-0.15, -0.1) is 10.2 Å². The number of aliphatic carboxylic acids is 2. The average molecular weight is 935 g/mol. The van der Waals surface area contributed by atoms with Crippen molar-refractivity contribution in [2.45, 2.75) is 105 Å². The maximum absolute atomic E-state index is 12.8. The summed E-state index contributed by atoms with van der Waals surface area (Å²) in [7, 11) is 0. The molecule has 18 heteroatoms. The zero-order chi connectivity index (χ0) is 46.2. The smallest absolute Gasteiger partial charge is 2.00 e. The van der Waals surface area contributed by atoms with Crippen molar-refractivity contribution in [1.29, 1.82) is 0 Å². The van der Waals surface area contributed by atoms with E-state index in [1.54, 1.807) is 27.7 Å². The molecule has 2 N–H and O–H groups in total. The Morgan fingerprint density at radius 2 is 0.879 bits per heavy atom. The number of nitrogens with zero attached hydrogens (tertiary/aromatic N) is 8. The van der Waals surface area contributed by atoms with Crippen LogP contribution in [0.5, 0.6) is 0 Å². The van der Waals surface area contributed by atoms with Crippen LogP contribution in [0.25, 0.3) is 45.0 Å². The first kappa shape index (κ1) is 55.3. The fourth-order valence-corrected chi connectivity index (χ4v) is 7.55. The van der Waals surface area contributed by atoms with E-state index in [0.717, 1.165) is 70.2 Å². The Hall–Kier alpha value is -5.07. The molecule has 0 aliphatic rings. The van der Waals surface area contributed by atoms with Gasteiger partial charge in [0.2, 0.25) is 11.8 Å². The third kappa shape index (κ3) is 15.0. The van der Waals surface area contributed by atoms with Crippen LogP contribution in [0.1, 0.15) is 91.2 Å². The Morgan fingerprint density at radius 3 is 1.15 bits per heavy atom. The minimum Gasteiger partial charge on any atom is 2.00 e. The molecule has 66 heavy (non-hydrogen) atoms. The van der Waals surface area contributed by atoms with Gasteiger partial charge in [0.05, 0.1) is 24.0 Å². The summed E-state index contributed by atoms with van der Waals surface area (Å²) < 4.78 is 0. The SMILES string of the molecule is CCCCC(=O)N(Cc1ccc(-c2ccccc2-c2nnn[nH]2)cc1)[C@H](C(=O)[O-])C(C)C.CCCCC(=O)N(Cc1ccc(-c2ccccc2-c2nnn[nH]2)cc1)[C@H](C(=O)[O-])C(C)C.[CaH2].[Mg+2]. The predicted molar refractivity (Wildman–Crippen MR) is 252 cm³/mol. The molecule has 0 saturated heterocycles. The van der Waals surface area contributed by atoms with Gasteiger partial charge in [-0.05, 0) is 78.9 Å². The zero-order valence-electron chi connectivity index (χ0n) is 37.9. The van der Waals surface area contributed by atoms with E-state index >= 15 is 0 Å². The molecule has 2 aromatic heterocycles. The van der Waals surface area contributed by atoms with Gasteiger partial charge in [0.1, 0.15) is 0 Å². The normalized spacial score (nSPS) is 11.6. The average Bonchev–Trinajstić information content (AvgIpc) is 4.04. The van der Waals surface area contributed by atoms with Crippen molar-refractivity contribution in [3.8, 4) is 45.0 Å². The molecule has 6 rings (SSSR count). The van der Waals surface area contributed by atoms with Gasteiger partial charge in [-0.1, -0.05) is 151 Å². The number of carboxylic acid groups (broad SMARTS) is 2. The largest absolute Gasteiger partial charge is 2.00 e. The number of tetrazole rings is 2. The fraction of sp³-hybridized carbons (Fsp3) is 0.375. The molecule has 0 radical (unpaired) electrons. The van der Waals surface area contributed by atoms with Crippen LogP contribution in [0, 0.1) is 11.8 Å². The Balaban J connectivity index is 0.000000340. The number of amides is 2. The second-order valence-corrected chi connectivity index (χ2v) is 16.3. The first-order valence-corrected chi connectivity index (χ1v) is 21.7. The van der Waals surface area contributed by atoms with Crippen molar-refractivity contribution in [3.63, 3.8) is 0 Å². The third-order valence-electron chi connectivity index (χ3n) is 10.8. The number of aromatic amines is 2. The van der Waals surface area contributed by atoms with Crippen LogP contribution < -0.4 is 10.2 Å². The second-order valence-electron chi connectivity index (χ2n) is 16.3. The topological polar surface area (TPSA) is 230 Å². The predicted octanol–water partition coefficient (Wildman–Crippen LogP) is 4.36. The molecule has 0 aliphatic heterocycles. The van der Waals surface area contributed by atoms with Crippen molar-refractivity contribution >= 4 is 84.5 Å². The van der Waals surface area contributed by atoms with Gasteiger partial charge >= 0.3 is 60.8 Å². The van der Waals surface area contributed by atoms with Gasteiger partial charge in [-0.3, -0.25) is 9.59 Å². The number of hydrogen-bond donors (Lipinski definition) is 2. The molecule has 2 heterocycles. The molecule has 2 amide bonds. The van der Waals surface area contributed by atoms with Crippen molar-refractivity contribution in [2.24, 2.45) is 11.8 Å². The van der Waals surface area contributed by atoms with Crippen LogP contribution in [0.3, 0.4) is 0 Å². The minimum atomic E-state index is -1.23. The molecule has 16 nitrogen and oxygen atoms in total. The quantitative estimate of drug-likeness (QED) is 0.102. The number of H-pyrrole nitrogens is 2. The standard InChI is InChI=1S/2C24H29N5O3.Ca.Mg.2H/c2*1-4-5-10-21(30)29(22(16(2)3)24(31)32)15-17-11-13-18(14-12-17)19-8-6-7-9-20(19)23-25-27-28-26-23;;;;/h2*6-9,11-14,16,22H,4-5,10,15H2,1-3H3,(H,31,32)(H,25,26,27,28);;;;/q;;;+2;;/p-2/t2*22-;;;;/m00..../s1. The summed E-state index contributed by atoms with van der Waals surface area (Å²) in [5, 5.41) is 51.8. The van der Waals surface area contributed by atoms with Crippen molar-refractivity contribution in [2.75, 3.05) is 0 Å². The second kappa shape index (κ2) is 27.5. The van der Waals surface area contributed by atoms with Gasteiger partial charge < -0.3 is 29.6 Å². The van der Waals surface area contributed by atoms with Gasteiger partial charge in [-0.25, -0.2) is 10.2 Å². The van der Waals surface area contributed by atoms with Crippen molar-refractivity contribution in [1.82, 2.24) is 51.0 Å². The summed E-state index contributed by atoms with van der Waals surface area (Å²) >= 11 is 0. The van der Waals surface area contributed by atoms with Gasteiger partial charge in [-0.2, -0.15) is 0 Å². The van der Waals surface area contributed by atoms with Gasteiger partial charge in [0.25, 0.3) is 0 Å². The van der Waals surface area contributed by atoms with Gasteiger partial charge in [0, 0.05) is 37.1 Å². The van der Waals surface area contributed by atoms with Crippen LogP contribution in [0.2, 0.25) is 0 Å². The Labute approximate surface area is 431 Å².